The highest BCUT2D eigenvalue weighted by molar-refractivity contribution is 6.31. The molecular weight excluding hydrogens is 372 g/mol. The third kappa shape index (κ3) is 5.85. The number of hydrogen-bond donors (Lipinski definition) is 1. The third-order valence-corrected chi connectivity index (χ3v) is 4.83. The second kappa shape index (κ2) is 9.60. The summed E-state index contributed by atoms with van der Waals surface area (Å²) in [5.41, 5.74) is 0.838. The predicted octanol–water partition coefficient (Wildman–Crippen LogP) is 2.09. The Bertz CT molecular complexity index is 709. The number of nitrogens with zero attached hydrogens (tertiary/aromatic N) is 1. The first-order chi connectivity index (χ1) is 12.8. The van der Waals surface area contributed by atoms with E-state index in [1.54, 1.807) is 25.1 Å². The van der Waals surface area contributed by atoms with Gasteiger partial charge in [0, 0.05) is 18.1 Å². The maximum absolute atomic E-state index is 12.6. The maximum atomic E-state index is 12.6. The minimum atomic E-state index is -0.890. The average Bonchev–Trinajstić information content (AvgIpc) is 2.63. The summed E-state index contributed by atoms with van der Waals surface area (Å²) in [6, 6.07) is 4.21. The molecule has 0 radical (unpaired) electrons. The maximum Gasteiger partial charge on any atom is 0.308 e. The fourth-order valence-electron chi connectivity index (χ4n) is 2.66. The second-order valence-electron chi connectivity index (χ2n) is 6.51. The number of ether oxygens (including phenoxy) is 2. The molecule has 1 aliphatic rings. The van der Waals surface area contributed by atoms with Gasteiger partial charge in [-0.15, -0.1) is 0 Å². The van der Waals surface area contributed by atoms with Crippen LogP contribution in [0.25, 0.3) is 0 Å². The Balaban J connectivity index is 1.99. The van der Waals surface area contributed by atoms with Gasteiger partial charge in [-0.2, -0.15) is 0 Å². The van der Waals surface area contributed by atoms with Crippen LogP contribution < -0.4 is 10.1 Å². The van der Waals surface area contributed by atoms with Crippen molar-refractivity contribution in [3.8, 4) is 5.75 Å². The van der Waals surface area contributed by atoms with Crippen LogP contribution in [0, 0.1) is 6.92 Å². The number of benzene rings is 1. The zero-order valence-corrected chi connectivity index (χ0v) is 16.5. The zero-order valence-electron chi connectivity index (χ0n) is 15.8. The van der Waals surface area contributed by atoms with Crippen molar-refractivity contribution in [2.45, 2.75) is 45.8 Å². The van der Waals surface area contributed by atoms with Gasteiger partial charge in [0.25, 0.3) is 5.91 Å². The molecule has 0 spiro atoms. The summed E-state index contributed by atoms with van der Waals surface area (Å²) < 4.78 is 10.8. The molecule has 0 aliphatic carbocycles. The van der Waals surface area contributed by atoms with E-state index in [1.165, 1.54) is 4.90 Å². The van der Waals surface area contributed by atoms with Crippen molar-refractivity contribution in [2.75, 3.05) is 19.7 Å². The second-order valence-corrected chi connectivity index (χ2v) is 6.91. The van der Waals surface area contributed by atoms with Crippen LogP contribution in [0.15, 0.2) is 18.2 Å². The van der Waals surface area contributed by atoms with E-state index in [0.29, 0.717) is 30.3 Å². The van der Waals surface area contributed by atoms with Gasteiger partial charge >= 0.3 is 5.97 Å². The van der Waals surface area contributed by atoms with Crippen LogP contribution in [0.4, 0.5) is 0 Å². The quantitative estimate of drug-likeness (QED) is 0.713. The Labute approximate surface area is 163 Å². The zero-order chi connectivity index (χ0) is 20.0. The van der Waals surface area contributed by atoms with Crippen molar-refractivity contribution in [3.63, 3.8) is 0 Å². The van der Waals surface area contributed by atoms with Crippen LogP contribution in [-0.4, -0.2) is 54.5 Å². The summed E-state index contributed by atoms with van der Waals surface area (Å²) in [5.74, 6) is -0.713. The van der Waals surface area contributed by atoms with E-state index in [1.807, 2.05) is 13.8 Å². The standard InChI is InChI=1S/C19H25ClN2O5/c1-4-13(3)27-18(24)10-16-19(25)21-7-8-22(16)17(23)11-26-14-5-6-15(20)12(2)9-14/h5-6,9,13,16H,4,7-8,10-11H2,1-3H3,(H,21,25). The molecule has 0 aromatic heterocycles. The lowest BCUT2D eigenvalue weighted by Gasteiger charge is -2.34. The van der Waals surface area contributed by atoms with Crippen molar-refractivity contribution in [1.82, 2.24) is 10.2 Å². The van der Waals surface area contributed by atoms with Gasteiger partial charge in [-0.25, -0.2) is 0 Å². The number of piperazine rings is 1. The van der Waals surface area contributed by atoms with Crippen molar-refractivity contribution >= 4 is 29.4 Å². The number of aryl methyl sites for hydroxylation is 1. The monoisotopic (exact) mass is 396 g/mol. The van der Waals surface area contributed by atoms with E-state index < -0.39 is 12.0 Å². The molecule has 27 heavy (non-hydrogen) atoms. The molecule has 2 rings (SSSR count). The molecule has 1 aromatic carbocycles. The van der Waals surface area contributed by atoms with Crippen LogP contribution in [0.5, 0.6) is 5.75 Å². The van der Waals surface area contributed by atoms with Crippen LogP contribution in [0.1, 0.15) is 32.3 Å². The number of carbonyl (C=O) groups is 3. The van der Waals surface area contributed by atoms with E-state index in [9.17, 15) is 14.4 Å². The number of amides is 2. The summed E-state index contributed by atoms with van der Waals surface area (Å²) in [6.07, 6.45) is 0.270. The molecule has 8 heteroatoms. The Hall–Kier alpha value is -2.28. The molecule has 148 valence electrons. The lowest BCUT2D eigenvalue weighted by molar-refractivity contribution is -0.155. The molecule has 2 unspecified atom stereocenters. The fourth-order valence-corrected chi connectivity index (χ4v) is 2.78. The van der Waals surface area contributed by atoms with Gasteiger partial charge < -0.3 is 19.7 Å². The molecule has 1 saturated heterocycles. The van der Waals surface area contributed by atoms with Crippen LogP contribution in [0.3, 0.4) is 0 Å². The Morgan fingerprint density at radius 3 is 2.81 bits per heavy atom. The van der Waals surface area contributed by atoms with Crippen molar-refractivity contribution in [3.05, 3.63) is 28.8 Å². The first-order valence-corrected chi connectivity index (χ1v) is 9.35. The normalized spacial score (nSPS) is 17.9. The van der Waals surface area contributed by atoms with Gasteiger partial charge in [0.2, 0.25) is 5.91 Å². The lowest BCUT2D eigenvalue weighted by atomic mass is 10.1. The third-order valence-electron chi connectivity index (χ3n) is 4.41. The highest BCUT2D eigenvalue weighted by Crippen LogP contribution is 2.21. The summed E-state index contributed by atoms with van der Waals surface area (Å²) in [6.45, 7) is 5.94. The van der Waals surface area contributed by atoms with E-state index in [4.69, 9.17) is 21.1 Å². The van der Waals surface area contributed by atoms with E-state index in [2.05, 4.69) is 5.32 Å². The van der Waals surface area contributed by atoms with Gasteiger partial charge in [-0.05, 0) is 44.0 Å². The molecule has 1 aromatic rings. The largest absolute Gasteiger partial charge is 0.484 e. The minimum Gasteiger partial charge on any atom is -0.484 e. The van der Waals surface area contributed by atoms with Crippen LogP contribution in [0.2, 0.25) is 5.02 Å². The molecule has 7 nitrogen and oxygen atoms in total. The highest BCUT2D eigenvalue weighted by Gasteiger charge is 2.35. The highest BCUT2D eigenvalue weighted by atomic mass is 35.5. The number of carbonyl (C=O) groups excluding carboxylic acids is 3. The summed E-state index contributed by atoms with van der Waals surface area (Å²) in [4.78, 5) is 38.2. The SMILES string of the molecule is CCC(C)OC(=O)CC1C(=O)NCCN1C(=O)COc1ccc(Cl)c(C)c1. The van der Waals surface area contributed by atoms with E-state index in [0.717, 1.165) is 5.56 Å². The van der Waals surface area contributed by atoms with Gasteiger partial charge in [-0.1, -0.05) is 18.5 Å². The number of nitrogens with one attached hydrogen (secondary N) is 1. The van der Waals surface area contributed by atoms with Crippen molar-refractivity contribution in [1.29, 1.82) is 0 Å². The van der Waals surface area contributed by atoms with E-state index in [-0.39, 0.29) is 30.9 Å². The number of rotatable bonds is 7. The minimum absolute atomic E-state index is 0.179. The van der Waals surface area contributed by atoms with Gasteiger partial charge in [0.15, 0.2) is 6.61 Å². The molecule has 2 amide bonds. The Morgan fingerprint density at radius 1 is 1.41 bits per heavy atom. The first kappa shape index (κ1) is 21.0. The number of halogens is 1. The summed E-state index contributed by atoms with van der Waals surface area (Å²) >= 11 is 5.98. The van der Waals surface area contributed by atoms with Gasteiger partial charge in [0.05, 0.1) is 12.5 Å². The smallest absolute Gasteiger partial charge is 0.308 e. The molecular formula is C19H25ClN2O5. The van der Waals surface area contributed by atoms with Crippen LogP contribution >= 0.6 is 11.6 Å². The molecule has 2 atom stereocenters. The first-order valence-electron chi connectivity index (χ1n) is 8.97. The molecule has 1 N–H and O–H groups in total. The molecule has 0 bridgehead atoms. The van der Waals surface area contributed by atoms with Crippen molar-refractivity contribution in [2.24, 2.45) is 0 Å². The van der Waals surface area contributed by atoms with Gasteiger partial charge in [-0.3, -0.25) is 14.4 Å². The predicted molar refractivity (Wildman–Crippen MR) is 101 cm³/mol. The van der Waals surface area contributed by atoms with Crippen molar-refractivity contribution < 1.29 is 23.9 Å². The Kier molecular flexibility index (Phi) is 7.47. The molecule has 1 heterocycles. The fraction of sp³-hybridized carbons (Fsp3) is 0.526. The number of esters is 1. The molecule has 0 saturated carbocycles. The summed E-state index contributed by atoms with van der Waals surface area (Å²) in [5, 5.41) is 3.29. The summed E-state index contributed by atoms with van der Waals surface area (Å²) in [7, 11) is 0. The van der Waals surface area contributed by atoms with E-state index >= 15 is 0 Å². The topological polar surface area (TPSA) is 84.9 Å². The molecule has 1 aliphatic heterocycles. The molecule has 1 fully saturated rings. The van der Waals surface area contributed by atoms with Crippen LogP contribution in [-0.2, 0) is 19.1 Å². The number of hydrogen-bond acceptors (Lipinski definition) is 5. The average molecular weight is 397 g/mol. The van der Waals surface area contributed by atoms with Gasteiger partial charge in [0.1, 0.15) is 11.8 Å². The Morgan fingerprint density at radius 2 is 2.15 bits per heavy atom. The lowest BCUT2D eigenvalue weighted by Crippen LogP contribution is -2.58.